The second kappa shape index (κ2) is 5.98. The van der Waals surface area contributed by atoms with Crippen LogP contribution < -0.4 is 10.5 Å². The van der Waals surface area contributed by atoms with E-state index >= 15 is 0 Å². The van der Waals surface area contributed by atoms with Gasteiger partial charge in [0.1, 0.15) is 0 Å². The maximum Gasteiger partial charge on any atom is 0.213 e. The molecule has 0 radical (unpaired) electrons. The monoisotopic (exact) mass is 280 g/mol. The Balaban J connectivity index is 2.08. The van der Waals surface area contributed by atoms with Crippen molar-refractivity contribution in [2.75, 3.05) is 12.8 Å². The number of hydrogen-bond donors (Lipinski definition) is 1. The molecule has 0 unspecified atom stereocenters. The number of nitrogens with zero attached hydrogens (tertiary/aromatic N) is 1. The number of aromatic nitrogens is 1. The minimum absolute atomic E-state index is 0.618. The number of rotatable bonds is 4. The number of ether oxygens (including phenoxy) is 1. The number of nitrogens with two attached hydrogens (primary N) is 1. The average molecular weight is 281 g/mol. The summed E-state index contributed by atoms with van der Waals surface area (Å²) >= 11 is 7.55. The number of benzene rings is 1. The van der Waals surface area contributed by atoms with Crippen molar-refractivity contribution in [3.05, 3.63) is 47.1 Å². The molecule has 1 heterocycles. The molecule has 2 N–H and O–H groups in total. The molecule has 1 aromatic heterocycles. The smallest absolute Gasteiger partial charge is 0.213 e. The van der Waals surface area contributed by atoms with Gasteiger partial charge < -0.3 is 10.5 Å². The quantitative estimate of drug-likeness (QED) is 0.686. The molecule has 0 bridgehead atoms. The molecule has 1 aromatic carbocycles. The van der Waals surface area contributed by atoms with Crippen LogP contribution in [-0.4, -0.2) is 12.1 Å². The number of halogens is 1. The van der Waals surface area contributed by atoms with Gasteiger partial charge in [-0.05, 0) is 24.3 Å². The van der Waals surface area contributed by atoms with Gasteiger partial charge in [0.15, 0.2) is 0 Å². The van der Waals surface area contributed by atoms with Crippen molar-refractivity contribution in [2.45, 2.75) is 10.6 Å². The Hall–Kier alpha value is -1.39. The lowest BCUT2D eigenvalue weighted by atomic mass is 10.3. The number of anilines is 1. The summed E-state index contributed by atoms with van der Waals surface area (Å²) in [5.41, 5.74) is 7.56. The highest BCUT2D eigenvalue weighted by Crippen LogP contribution is 2.30. The zero-order valence-corrected chi connectivity index (χ0v) is 11.5. The Morgan fingerprint density at radius 3 is 2.94 bits per heavy atom. The molecule has 0 spiro atoms. The number of methoxy groups -OCH3 is 1. The summed E-state index contributed by atoms with van der Waals surface area (Å²) in [6, 6.07) is 11.2. The fourth-order valence-corrected chi connectivity index (χ4v) is 2.58. The second-order valence-electron chi connectivity index (χ2n) is 3.64. The van der Waals surface area contributed by atoms with E-state index in [1.165, 1.54) is 0 Å². The minimum atomic E-state index is 0.618. The van der Waals surface area contributed by atoms with Gasteiger partial charge >= 0.3 is 0 Å². The molecule has 2 aromatic rings. The highest BCUT2D eigenvalue weighted by Gasteiger charge is 2.03. The molecule has 0 atom stereocenters. The Morgan fingerprint density at radius 1 is 1.33 bits per heavy atom. The van der Waals surface area contributed by atoms with E-state index < -0.39 is 0 Å². The van der Waals surface area contributed by atoms with Crippen LogP contribution in [0.3, 0.4) is 0 Å². The van der Waals surface area contributed by atoms with Gasteiger partial charge in [-0.2, -0.15) is 0 Å². The summed E-state index contributed by atoms with van der Waals surface area (Å²) in [5, 5.41) is 0.685. The third-order valence-corrected chi connectivity index (χ3v) is 3.68. The maximum absolute atomic E-state index is 5.94. The lowest BCUT2D eigenvalue weighted by Gasteiger charge is -2.06. The van der Waals surface area contributed by atoms with Crippen molar-refractivity contribution >= 4 is 29.1 Å². The van der Waals surface area contributed by atoms with Crippen LogP contribution in [0, 0.1) is 0 Å². The molecule has 0 aliphatic rings. The van der Waals surface area contributed by atoms with E-state index in [1.807, 2.05) is 30.3 Å². The molecular formula is C13H13ClN2OS. The number of hydrogen-bond acceptors (Lipinski definition) is 4. The van der Waals surface area contributed by atoms with Gasteiger partial charge in [-0.15, -0.1) is 11.8 Å². The fourth-order valence-electron chi connectivity index (χ4n) is 1.44. The first-order valence-electron chi connectivity index (χ1n) is 5.37. The Kier molecular flexibility index (Phi) is 4.33. The van der Waals surface area contributed by atoms with Crippen molar-refractivity contribution < 1.29 is 4.74 Å². The molecule has 2 rings (SSSR count). The first kappa shape index (κ1) is 13.1. The molecule has 94 valence electrons. The third kappa shape index (κ3) is 3.31. The highest BCUT2D eigenvalue weighted by atomic mass is 35.5. The van der Waals surface area contributed by atoms with E-state index in [0.717, 1.165) is 22.0 Å². The molecule has 0 aliphatic heterocycles. The van der Waals surface area contributed by atoms with E-state index in [4.69, 9.17) is 22.1 Å². The lowest BCUT2D eigenvalue weighted by molar-refractivity contribution is 0.397. The molecule has 3 nitrogen and oxygen atoms in total. The molecule has 18 heavy (non-hydrogen) atoms. The molecular weight excluding hydrogens is 268 g/mol. The number of nitrogen functional groups attached to an aromatic ring is 1. The summed E-state index contributed by atoms with van der Waals surface area (Å²) in [5.74, 6) is 1.34. The molecule has 0 saturated carbocycles. The van der Waals surface area contributed by atoms with E-state index in [1.54, 1.807) is 24.9 Å². The van der Waals surface area contributed by atoms with Crippen molar-refractivity contribution in [1.29, 1.82) is 0 Å². The maximum atomic E-state index is 5.94. The predicted molar refractivity (Wildman–Crippen MR) is 76.2 cm³/mol. The van der Waals surface area contributed by atoms with Crippen LogP contribution in [0.5, 0.6) is 5.88 Å². The van der Waals surface area contributed by atoms with Crippen LogP contribution in [0.4, 0.5) is 5.69 Å². The third-order valence-electron chi connectivity index (χ3n) is 2.34. The standard InChI is InChI=1S/C13H13ClN2OS/c1-17-13-4-2-3-10(16-13)8-18-12-7-9(14)5-6-11(12)15/h2-7H,8,15H2,1H3. The molecule has 0 fully saturated rings. The molecule has 0 saturated heterocycles. The Labute approximate surface area is 115 Å². The van der Waals surface area contributed by atoms with Gasteiger partial charge in [-0.25, -0.2) is 4.98 Å². The Bertz CT molecular complexity index is 548. The van der Waals surface area contributed by atoms with Crippen LogP contribution in [-0.2, 0) is 5.75 Å². The van der Waals surface area contributed by atoms with E-state index in [9.17, 15) is 0 Å². The van der Waals surface area contributed by atoms with Gasteiger partial charge in [-0.1, -0.05) is 17.7 Å². The minimum Gasteiger partial charge on any atom is -0.481 e. The van der Waals surface area contributed by atoms with E-state index in [0.29, 0.717) is 10.9 Å². The molecule has 5 heteroatoms. The van der Waals surface area contributed by atoms with Gasteiger partial charge in [0, 0.05) is 27.4 Å². The largest absolute Gasteiger partial charge is 0.481 e. The lowest BCUT2D eigenvalue weighted by Crippen LogP contribution is -1.93. The molecule has 0 aliphatic carbocycles. The number of pyridine rings is 1. The summed E-state index contributed by atoms with van der Waals surface area (Å²) in [4.78, 5) is 5.31. The predicted octanol–water partition coefficient (Wildman–Crippen LogP) is 3.62. The normalized spacial score (nSPS) is 10.3. The van der Waals surface area contributed by atoms with Crippen molar-refractivity contribution in [2.24, 2.45) is 0 Å². The van der Waals surface area contributed by atoms with Crippen LogP contribution >= 0.6 is 23.4 Å². The first-order valence-corrected chi connectivity index (χ1v) is 6.73. The summed E-state index contributed by atoms with van der Waals surface area (Å²) in [6.07, 6.45) is 0. The summed E-state index contributed by atoms with van der Waals surface area (Å²) in [7, 11) is 1.61. The fraction of sp³-hybridized carbons (Fsp3) is 0.154. The molecule has 0 amide bonds. The zero-order chi connectivity index (χ0) is 13.0. The van der Waals surface area contributed by atoms with Crippen LogP contribution in [0.2, 0.25) is 5.02 Å². The van der Waals surface area contributed by atoms with Crippen molar-refractivity contribution in [1.82, 2.24) is 4.98 Å². The summed E-state index contributed by atoms with van der Waals surface area (Å²) in [6.45, 7) is 0. The average Bonchev–Trinajstić information content (AvgIpc) is 2.40. The van der Waals surface area contributed by atoms with Gasteiger partial charge in [0.2, 0.25) is 5.88 Å². The van der Waals surface area contributed by atoms with Crippen LogP contribution in [0.25, 0.3) is 0 Å². The topological polar surface area (TPSA) is 48.1 Å². The van der Waals surface area contributed by atoms with Gasteiger partial charge in [0.25, 0.3) is 0 Å². The van der Waals surface area contributed by atoms with E-state index in [-0.39, 0.29) is 0 Å². The first-order chi connectivity index (χ1) is 8.69. The second-order valence-corrected chi connectivity index (χ2v) is 5.10. The zero-order valence-electron chi connectivity index (χ0n) is 9.89. The van der Waals surface area contributed by atoms with Crippen molar-refractivity contribution in [3.63, 3.8) is 0 Å². The van der Waals surface area contributed by atoms with Crippen LogP contribution in [0.15, 0.2) is 41.3 Å². The van der Waals surface area contributed by atoms with E-state index in [2.05, 4.69) is 4.98 Å². The van der Waals surface area contributed by atoms with Gasteiger partial charge in [0.05, 0.1) is 12.8 Å². The van der Waals surface area contributed by atoms with Crippen molar-refractivity contribution in [3.8, 4) is 5.88 Å². The SMILES string of the molecule is COc1cccc(CSc2cc(Cl)ccc2N)n1. The Morgan fingerprint density at radius 2 is 2.17 bits per heavy atom. The van der Waals surface area contributed by atoms with Gasteiger partial charge in [-0.3, -0.25) is 0 Å². The number of thioether (sulfide) groups is 1. The van der Waals surface area contributed by atoms with Crippen LogP contribution in [0.1, 0.15) is 5.69 Å². The summed E-state index contributed by atoms with van der Waals surface area (Å²) < 4.78 is 5.08. The highest BCUT2D eigenvalue weighted by molar-refractivity contribution is 7.98.